The van der Waals surface area contributed by atoms with Gasteiger partial charge in [-0.05, 0) is 48.3 Å². The van der Waals surface area contributed by atoms with Crippen LogP contribution in [0, 0.1) is 11.7 Å². The normalized spacial score (nSPS) is 24.0. The molecule has 2 atom stereocenters. The summed E-state index contributed by atoms with van der Waals surface area (Å²) in [6.07, 6.45) is 2.76. The first-order valence-corrected chi connectivity index (χ1v) is 8.82. The number of piperidine rings is 1. The number of fused-ring (bicyclic) bond motifs is 1. The maximum absolute atomic E-state index is 13.3. The fraction of sp³-hybridized carbons (Fsp3) is 0.333. The summed E-state index contributed by atoms with van der Waals surface area (Å²) in [7, 11) is 1.58. The summed E-state index contributed by atoms with van der Waals surface area (Å²) in [4.78, 5) is 6.31. The number of nitrogens with one attached hydrogen (secondary N) is 1. The molecule has 2 aromatic rings. The van der Waals surface area contributed by atoms with Crippen LogP contribution in [0.2, 0.25) is 5.02 Å². The van der Waals surface area contributed by atoms with Crippen molar-refractivity contribution in [2.45, 2.75) is 11.8 Å². The molecule has 1 aliphatic heterocycles. The molecule has 2 aliphatic rings. The summed E-state index contributed by atoms with van der Waals surface area (Å²) >= 11 is 11.8. The van der Waals surface area contributed by atoms with Crippen molar-refractivity contribution in [2.75, 3.05) is 25.5 Å². The van der Waals surface area contributed by atoms with E-state index in [-0.39, 0.29) is 11.2 Å². The van der Waals surface area contributed by atoms with Crippen LogP contribution in [0.4, 0.5) is 10.1 Å². The van der Waals surface area contributed by atoms with E-state index < -0.39 is 0 Å². The number of pyridine rings is 1. The number of hydrogen-bond acceptors (Lipinski definition) is 3. The van der Waals surface area contributed by atoms with Crippen LogP contribution in [0.15, 0.2) is 36.5 Å². The van der Waals surface area contributed by atoms with E-state index in [4.69, 9.17) is 28.6 Å². The van der Waals surface area contributed by atoms with Crippen molar-refractivity contribution in [1.82, 2.24) is 9.88 Å². The highest BCUT2D eigenvalue weighted by Gasteiger charge is 2.61. The van der Waals surface area contributed by atoms with Gasteiger partial charge in [-0.15, -0.1) is 0 Å². The summed E-state index contributed by atoms with van der Waals surface area (Å²) in [5.41, 5.74) is 1.84. The predicted molar refractivity (Wildman–Crippen MR) is 99.8 cm³/mol. The summed E-state index contributed by atoms with van der Waals surface area (Å²) in [6, 6.07) is 8.34. The number of ether oxygens (including phenoxy) is 1. The summed E-state index contributed by atoms with van der Waals surface area (Å²) < 4.78 is 18.4. The molecule has 2 fully saturated rings. The summed E-state index contributed by atoms with van der Waals surface area (Å²) in [5, 5.41) is 4.38. The number of anilines is 1. The van der Waals surface area contributed by atoms with Crippen LogP contribution >= 0.6 is 23.8 Å². The minimum Gasteiger partial charge on any atom is -0.481 e. The molecule has 1 N–H and O–H groups in total. The molecule has 0 spiro atoms. The van der Waals surface area contributed by atoms with Crippen LogP contribution in [0.1, 0.15) is 12.0 Å². The zero-order valence-electron chi connectivity index (χ0n) is 13.6. The minimum atomic E-state index is -0.304. The van der Waals surface area contributed by atoms with Crippen molar-refractivity contribution in [3.05, 3.63) is 52.9 Å². The number of likely N-dealkylation sites (tertiary alicyclic amines) is 1. The Labute approximate surface area is 156 Å². The Morgan fingerprint density at radius 3 is 2.96 bits per heavy atom. The van der Waals surface area contributed by atoms with Gasteiger partial charge in [0.25, 0.3) is 0 Å². The third kappa shape index (κ3) is 2.93. The highest BCUT2D eigenvalue weighted by Crippen LogP contribution is 2.60. The molecule has 1 aromatic heterocycles. The van der Waals surface area contributed by atoms with Gasteiger partial charge in [0.2, 0.25) is 5.88 Å². The first-order valence-electron chi connectivity index (χ1n) is 8.03. The Balaban J connectivity index is 1.46. The molecule has 2 heterocycles. The maximum Gasteiger partial charge on any atom is 0.213 e. The lowest BCUT2D eigenvalue weighted by Crippen LogP contribution is -2.36. The average molecular weight is 378 g/mol. The second kappa shape index (κ2) is 6.11. The molecule has 25 heavy (non-hydrogen) atoms. The van der Waals surface area contributed by atoms with Crippen LogP contribution in [0.5, 0.6) is 5.88 Å². The lowest BCUT2D eigenvalue weighted by atomic mass is 9.95. The van der Waals surface area contributed by atoms with Gasteiger partial charge in [0.05, 0.1) is 19.0 Å². The molecule has 1 saturated carbocycles. The molecule has 0 amide bonds. The maximum atomic E-state index is 13.3. The second-order valence-electron chi connectivity index (χ2n) is 6.58. The number of nitrogens with zero attached hydrogens (tertiary/aromatic N) is 2. The van der Waals surface area contributed by atoms with Gasteiger partial charge in [-0.1, -0.05) is 17.7 Å². The molecule has 4 nitrogen and oxygen atoms in total. The first-order chi connectivity index (χ1) is 12.0. The quantitative estimate of drug-likeness (QED) is 0.822. The van der Waals surface area contributed by atoms with Crippen LogP contribution in [-0.4, -0.2) is 35.2 Å². The second-order valence-corrected chi connectivity index (χ2v) is 7.38. The molecule has 7 heteroatoms. The summed E-state index contributed by atoms with van der Waals surface area (Å²) in [6.45, 7) is 1.67. The van der Waals surface area contributed by atoms with Crippen molar-refractivity contribution in [3.63, 3.8) is 0 Å². The Bertz CT molecular complexity index is 832. The van der Waals surface area contributed by atoms with Gasteiger partial charge in [-0.2, -0.15) is 0 Å². The number of hydrogen-bond donors (Lipinski definition) is 1. The number of rotatable bonds is 3. The van der Waals surface area contributed by atoms with Crippen molar-refractivity contribution < 1.29 is 9.13 Å². The van der Waals surface area contributed by atoms with E-state index in [1.54, 1.807) is 19.4 Å². The fourth-order valence-electron chi connectivity index (χ4n) is 3.73. The topological polar surface area (TPSA) is 37.4 Å². The Morgan fingerprint density at radius 1 is 1.44 bits per heavy atom. The Hall–Kier alpha value is -1.92. The molecular weight excluding hydrogens is 361 g/mol. The van der Waals surface area contributed by atoms with E-state index in [1.807, 2.05) is 12.1 Å². The third-order valence-electron chi connectivity index (χ3n) is 5.10. The monoisotopic (exact) mass is 377 g/mol. The molecule has 4 rings (SSSR count). The van der Waals surface area contributed by atoms with Crippen molar-refractivity contribution in [1.29, 1.82) is 0 Å². The van der Waals surface area contributed by atoms with Crippen LogP contribution in [0.25, 0.3) is 0 Å². The standard InChI is InChI=1S/C18H17ClFN3OS/c1-24-16-5-3-13(8-21-16)22-17(25)23-9-11-7-18(11,10-23)14-4-2-12(20)6-15(14)19/h2-6,8,11H,7,9-10H2,1H3,(H,22,25)/t11-,18-/m1/s1. The van der Waals surface area contributed by atoms with E-state index in [0.717, 1.165) is 30.8 Å². The van der Waals surface area contributed by atoms with Gasteiger partial charge in [0.15, 0.2) is 5.11 Å². The molecule has 0 unspecified atom stereocenters. The first kappa shape index (κ1) is 16.5. The number of methoxy groups -OCH3 is 1. The highest BCUT2D eigenvalue weighted by molar-refractivity contribution is 7.80. The van der Waals surface area contributed by atoms with Gasteiger partial charge in [-0.3, -0.25) is 0 Å². The molecule has 0 bridgehead atoms. The average Bonchev–Trinajstić information content (AvgIpc) is 3.16. The van der Waals surface area contributed by atoms with Crippen LogP contribution < -0.4 is 10.1 Å². The van der Waals surface area contributed by atoms with Crippen molar-refractivity contribution >= 4 is 34.6 Å². The zero-order valence-corrected chi connectivity index (χ0v) is 15.2. The smallest absolute Gasteiger partial charge is 0.213 e. The van der Waals surface area contributed by atoms with Gasteiger partial charge in [0, 0.05) is 29.6 Å². The van der Waals surface area contributed by atoms with E-state index in [0.29, 0.717) is 21.9 Å². The SMILES string of the molecule is COc1ccc(NC(=S)N2C[C@H]3C[C@@]3(c3ccc(F)cc3Cl)C2)cn1. The van der Waals surface area contributed by atoms with Gasteiger partial charge < -0.3 is 15.0 Å². The van der Waals surface area contributed by atoms with E-state index in [9.17, 15) is 4.39 Å². The Morgan fingerprint density at radius 2 is 2.28 bits per heavy atom. The van der Waals surface area contributed by atoms with Crippen molar-refractivity contribution in [3.8, 4) is 5.88 Å². The largest absolute Gasteiger partial charge is 0.481 e. The fourth-order valence-corrected chi connectivity index (χ4v) is 4.34. The molecule has 1 aliphatic carbocycles. The Kier molecular flexibility index (Phi) is 4.04. The molecule has 130 valence electrons. The zero-order chi connectivity index (χ0) is 17.6. The molecule has 1 saturated heterocycles. The molecular formula is C18H17ClFN3OS. The van der Waals surface area contributed by atoms with Crippen LogP contribution in [0.3, 0.4) is 0 Å². The highest BCUT2D eigenvalue weighted by atomic mass is 35.5. The minimum absolute atomic E-state index is 0.00528. The predicted octanol–water partition coefficient (Wildman–Crippen LogP) is 3.85. The number of halogens is 2. The molecule has 0 radical (unpaired) electrons. The third-order valence-corrected chi connectivity index (χ3v) is 5.77. The number of benzene rings is 1. The van der Waals surface area contributed by atoms with E-state index in [2.05, 4.69) is 15.2 Å². The lowest BCUT2D eigenvalue weighted by molar-refractivity contribution is 0.398. The summed E-state index contributed by atoms with van der Waals surface area (Å²) in [5.74, 6) is 0.759. The number of aromatic nitrogens is 1. The van der Waals surface area contributed by atoms with E-state index >= 15 is 0 Å². The van der Waals surface area contributed by atoms with Crippen LogP contribution in [-0.2, 0) is 5.41 Å². The lowest BCUT2D eigenvalue weighted by Gasteiger charge is -2.24. The van der Waals surface area contributed by atoms with Gasteiger partial charge >= 0.3 is 0 Å². The van der Waals surface area contributed by atoms with Gasteiger partial charge in [-0.25, -0.2) is 9.37 Å². The van der Waals surface area contributed by atoms with Gasteiger partial charge in [0.1, 0.15) is 5.82 Å². The number of thiocarbonyl (C=S) groups is 1. The van der Waals surface area contributed by atoms with Crippen molar-refractivity contribution in [2.24, 2.45) is 5.92 Å². The molecule has 1 aromatic carbocycles. The van der Waals surface area contributed by atoms with E-state index in [1.165, 1.54) is 12.1 Å².